The number of nitrogens with two attached hydrogens (primary N) is 1. The fourth-order valence-corrected chi connectivity index (χ4v) is 1.67. The Morgan fingerprint density at radius 2 is 1.80 bits per heavy atom. The van der Waals surface area contributed by atoms with Gasteiger partial charge in [-0.1, -0.05) is 18.2 Å². The Hall–Kier alpha value is -1.03. The van der Waals surface area contributed by atoms with E-state index in [4.69, 9.17) is 5.73 Å². The molecule has 0 bridgehead atoms. The second kappa shape index (κ2) is 3.23. The van der Waals surface area contributed by atoms with Crippen LogP contribution in [0.15, 0.2) is 24.3 Å². The lowest BCUT2D eigenvalue weighted by atomic mass is 9.99. The van der Waals surface area contributed by atoms with E-state index in [2.05, 4.69) is 0 Å². The minimum absolute atomic E-state index is 0.310. The van der Waals surface area contributed by atoms with Crippen LogP contribution >= 0.6 is 0 Å². The standard InChI is InChI=1S/C11H12F3N/c12-11(13,14)9-4-2-1-3-8(9)7-10(15)5-6-10/h1-4H,5-7,15H2. The maximum Gasteiger partial charge on any atom is 0.416 e. The highest BCUT2D eigenvalue weighted by molar-refractivity contribution is 5.32. The smallest absolute Gasteiger partial charge is 0.325 e. The Morgan fingerprint density at radius 1 is 1.20 bits per heavy atom. The van der Waals surface area contributed by atoms with Gasteiger partial charge in [-0.3, -0.25) is 0 Å². The van der Waals surface area contributed by atoms with E-state index in [0.29, 0.717) is 12.0 Å². The molecule has 0 atom stereocenters. The van der Waals surface area contributed by atoms with E-state index < -0.39 is 11.7 Å². The predicted octanol–water partition coefficient (Wildman–Crippen LogP) is 2.74. The summed E-state index contributed by atoms with van der Waals surface area (Å²) in [7, 11) is 0. The number of benzene rings is 1. The van der Waals surface area contributed by atoms with Crippen molar-refractivity contribution >= 4 is 0 Å². The van der Waals surface area contributed by atoms with Crippen LogP contribution in [-0.2, 0) is 12.6 Å². The zero-order valence-corrected chi connectivity index (χ0v) is 8.14. The minimum Gasteiger partial charge on any atom is -0.325 e. The molecular formula is C11H12F3N. The first-order valence-corrected chi connectivity index (χ1v) is 4.85. The van der Waals surface area contributed by atoms with E-state index in [9.17, 15) is 13.2 Å². The quantitative estimate of drug-likeness (QED) is 0.806. The molecule has 1 saturated carbocycles. The number of hydrogen-bond donors (Lipinski definition) is 1. The van der Waals surface area contributed by atoms with Crippen LogP contribution in [0.4, 0.5) is 13.2 Å². The predicted molar refractivity (Wildman–Crippen MR) is 51.3 cm³/mol. The van der Waals surface area contributed by atoms with E-state index >= 15 is 0 Å². The van der Waals surface area contributed by atoms with Gasteiger partial charge in [-0.2, -0.15) is 13.2 Å². The molecule has 0 aliphatic heterocycles. The molecule has 0 heterocycles. The number of alkyl halides is 3. The van der Waals surface area contributed by atoms with Crippen molar-refractivity contribution in [2.75, 3.05) is 0 Å². The van der Waals surface area contributed by atoms with Crippen LogP contribution in [0.3, 0.4) is 0 Å². The Bertz CT molecular complexity index is 366. The fourth-order valence-electron chi connectivity index (χ4n) is 1.67. The second-order valence-electron chi connectivity index (χ2n) is 4.19. The topological polar surface area (TPSA) is 26.0 Å². The van der Waals surface area contributed by atoms with Gasteiger partial charge in [0.15, 0.2) is 0 Å². The monoisotopic (exact) mass is 215 g/mol. The van der Waals surface area contributed by atoms with Crippen LogP contribution < -0.4 is 5.73 Å². The SMILES string of the molecule is NC1(Cc2ccccc2C(F)(F)F)CC1. The van der Waals surface area contributed by atoms with Crippen molar-refractivity contribution in [2.45, 2.75) is 31.0 Å². The summed E-state index contributed by atoms with van der Waals surface area (Å²) in [6.07, 6.45) is -2.32. The zero-order chi connectivity index (χ0) is 11.1. The first kappa shape index (κ1) is 10.5. The van der Waals surface area contributed by atoms with Gasteiger partial charge in [-0.15, -0.1) is 0 Å². The normalized spacial score (nSPS) is 18.9. The lowest BCUT2D eigenvalue weighted by molar-refractivity contribution is -0.138. The van der Waals surface area contributed by atoms with Gasteiger partial charge in [0.2, 0.25) is 0 Å². The largest absolute Gasteiger partial charge is 0.416 e. The molecule has 1 aliphatic carbocycles. The van der Waals surface area contributed by atoms with Gasteiger partial charge in [0.25, 0.3) is 0 Å². The highest BCUT2D eigenvalue weighted by Crippen LogP contribution is 2.39. The summed E-state index contributed by atoms with van der Waals surface area (Å²) in [6, 6.07) is 5.65. The molecule has 1 fully saturated rings. The molecule has 82 valence electrons. The van der Waals surface area contributed by atoms with E-state index in [1.54, 1.807) is 6.07 Å². The molecule has 0 unspecified atom stereocenters. The van der Waals surface area contributed by atoms with Gasteiger partial charge in [0, 0.05) is 5.54 Å². The van der Waals surface area contributed by atoms with E-state index in [1.807, 2.05) is 0 Å². The van der Waals surface area contributed by atoms with Crippen molar-refractivity contribution in [3.05, 3.63) is 35.4 Å². The van der Waals surface area contributed by atoms with Crippen LogP contribution in [0.25, 0.3) is 0 Å². The minimum atomic E-state index is -4.28. The van der Waals surface area contributed by atoms with Crippen molar-refractivity contribution in [3.63, 3.8) is 0 Å². The number of halogens is 3. The molecule has 15 heavy (non-hydrogen) atoms. The second-order valence-corrected chi connectivity index (χ2v) is 4.19. The van der Waals surface area contributed by atoms with E-state index in [0.717, 1.165) is 18.9 Å². The summed E-state index contributed by atoms with van der Waals surface area (Å²) in [5.41, 5.74) is 5.19. The van der Waals surface area contributed by atoms with Crippen LogP contribution in [0.5, 0.6) is 0 Å². The maximum atomic E-state index is 12.6. The summed E-state index contributed by atoms with van der Waals surface area (Å²) >= 11 is 0. The van der Waals surface area contributed by atoms with Crippen LogP contribution in [-0.4, -0.2) is 5.54 Å². The van der Waals surface area contributed by atoms with Gasteiger partial charge in [0.1, 0.15) is 0 Å². The number of hydrogen-bond acceptors (Lipinski definition) is 1. The van der Waals surface area contributed by atoms with Gasteiger partial charge >= 0.3 is 6.18 Å². The summed E-state index contributed by atoms with van der Waals surface area (Å²) in [5, 5.41) is 0. The molecule has 0 aromatic heterocycles. The maximum absolute atomic E-state index is 12.6. The Balaban J connectivity index is 2.30. The molecule has 0 saturated heterocycles. The summed E-state index contributed by atoms with van der Waals surface area (Å²) in [5.74, 6) is 0. The zero-order valence-electron chi connectivity index (χ0n) is 8.14. The molecule has 1 aromatic rings. The highest BCUT2D eigenvalue weighted by atomic mass is 19.4. The fraction of sp³-hybridized carbons (Fsp3) is 0.455. The molecule has 0 spiro atoms. The molecule has 4 heteroatoms. The molecule has 0 amide bonds. The Kier molecular flexibility index (Phi) is 2.26. The molecule has 1 nitrogen and oxygen atoms in total. The van der Waals surface area contributed by atoms with Crippen LogP contribution in [0.2, 0.25) is 0 Å². The lowest BCUT2D eigenvalue weighted by Crippen LogP contribution is -2.26. The lowest BCUT2D eigenvalue weighted by Gasteiger charge is -2.15. The Morgan fingerprint density at radius 3 is 2.33 bits per heavy atom. The summed E-state index contributed by atoms with van der Waals surface area (Å²) in [4.78, 5) is 0. The average molecular weight is 215 g/mol. The third-order valence-electron chi connectivity index (χ3n) is 2.76. The van der Waals surface area contributed by atoms with Crippen molar-refractivity contribution in [2.24, 2.45) is 5.73 Å². The van der Waals surface area contributed by atoms with E-state index in [1.165, 1.54) is 12.1 Å². The summed E-state index contributed by atoms with van der Waals surface area (Å²) in [6.45, 7) is 0. The van der Waals surface area contributed by atoms with Gasteiger partial charge < -0.3 is 5.73 Å². The van der Waals surface area contributed by atoms with Crippen molar-refractivity contribution in [3.8, 4) is 0 Å². The van der Waals surface area contributed by atoms with Crippen molar-refractivity contribution in [1.29, 1.82) is 0 Å². The molecule has 0 radical (unpaired) electrons. The summed E-state index contributed by atoms with van der Waals surface area (Å²) < 4.78 is 37.8. The van der Waals surface area contributed by atoms with Crippen molar-refractivity contribution in [1.82, 2.24) is 0 Å². The average Bonchev–Trinajstić information content (AvgIpc) is 2.82. The molecule has 2 rings (SSSR count). The van der Waals surface area contributed by atoms with Crippen molar-refractivity contribution < 1.29 is 13.2 Å². The molecular weight excluding hydrogens is 203 g/mol. The number of rotatable bonds is 2. The van der Waals surface area contributed by atoms with E-state index in [-0.39, 0.29) is 5.54 Å². The van der Waals surface area contributed by atoms with Gasteiger partial charge in [0.05, 0.1) is 5.56 Å². The van der Waals surface area contributed by atoms with Gasteiger partial charge in [-0.25, -0.2) is 0 Å². The molecule has 1 aliphatic rings. The third-order valence-corrected chi connectivity index (χ3v) is 2.76. The Labute approximate surface area is 86.1 Å². The van der Waals surface area contributed by atoms with Gasteiger partial charge in [-0.05, 0) is 30.9 Å². The first-order valence-electron chi connectivity index (χ1n) is 4.85. The highest BCUT2D eigenvalue weighted by Gasteiger charge is 2.41. The first-order chi connectivity index (χ1) is 6.91. The molecule has 2 N–H and O–H groups in total. The van der Waals surface area contributed by atoms with Crippen LogP contribution in [0, 0.1) is 0 Å². The van der Waals surface area contributed by atoms with Crippen LogP contribution in [0.1, 0.15) is 24.0 Å². The molecule has 1 aromatic carbocycles. The third kappa shape index (κ3) is 2.31.